The molecule has 51 valence electrons. The standard InChI is InChI=1S/C7H11O2/c8-6-9-5-4-7-2-1-3-7/h7H,1-5H2. The maximum Gasteiger partial charge on any atom is 0.417 e. The van der Waals surface area contributed by atoms with Crippen molar-refractivity contribution in [2.45, 2.75) is 25.7 Å². The molecule has 1 rings (SSSR count). The highest BCUT2D eigenvalue weighted by Crippen LogP contribution is 2.28. The van der Waals surface area contributed by atoms with Gasteiger partial charge in [-0.3, -0.25) is 0 Å². The first-order valence-electron chi connectivity index (χ1n) is 3.42. The van der Waals surface area contributed by atoms with E-state index in [4.69, 9.17) is 0 Å². The molecule has 1 saturated carbocycles. The van der Waals surface area contributed by atoms with Crippen LogP contribution in [0.4, 0.5) is 0 Å². The molecule has 1 aliphatic rings. The maximum atomic E-state index is 9.55. The average molecular weight is 127 g/mol. The van der Waals surface area contributed by atoms with Crippen molar-refractivity contribution in [2.24, 2.45) is 5.92 Å². The van der Waals surface area contributed by atoms with Crippen LogP contribution in [0.2, 0.25) is 0 Å². The van der Waals surface area contributed by atoms with Gasteiger partial charge in [0.05, 0.1) is 6.61 Å². The van der Waals surface area contributed by atoms with Gasteiger partial charge in [0.15, 0.2) is 0 Å². The first-order valence-corrected chi connectivity index (χ1v) is 3.42. The van der Waals surface area contributed by atoms with E-state index in [1.54, 1.807) is 0 Å². The summed E-state index contributed by atoms with van der Waals surface area (Å²) in [5.41, 5.74) is 0. The first kappa shape index (κ1) is 6.59. The summed E-state index contributed by atoms with van der Waals surface area (Å²) >= 11 is 0. The van der Waals surface area contributed by atoms with Crippen molar-refractivity contribution in [3.63, 3.8) is 0 Å². The van der Waals surface area contributed by atoms with Crippen molar-refractivity contribution in [1.82, 2.24) is 0 Å². The Balaban J connectivity index is 1.85. The van der Waals surface area contributed by atoms with E-state index in [-0.39, 0.29) is 0 Å². The quantitative estimate of drug-likeness (QED) is 0.531. The molecule has 0 amide bonds. The van der Waals surface area contributed by atoms with E-state index in [9.17, 15) is 4.79 Å². The summed E-state index contributed by atoms with van der Waals surface area (Å²) < 4.78 is 4.43. The highest BCUT2D eigenvalue weighted by atomic mass is 16.5. The maximum absolute atomic E-state index is 9.55. The molecule has 0 aromatic rings. The van der Waals surface area contributed by atoms with Gasteiger partial charge in [-0.15, -0.1) is 0 Å². The van der Waals surface area contributed by atoms with Crippen LogP contribution in [-0.2, 0) is 9.53 Å². The molecule has 0 atom stereocenters. The van der Waals surface area contributed by atoms with E-state index >= 15 is 0 Å². The summed E-state index contributed by atoms with van der Waals surface area (Å²) in [5, 5.41) is 0. The molecule has 1 aliphatic carbocycles. The third kappa shape index (κ3) is 2.04. The molecule has 0 saturated heterocycles. The summed E-state index contributed by atoms with van der Waals surface area (Å²) in [7, 11) is 0. The Bertz CT molecular complexity index is 86.9. The van der Waals surface area contributed by atoms with Crippen LogP contribution in [0.25, 0.3) is 0 Å². The van der Waals surface area contributed by atoms with Crippen molar-refractivity contribution >= 4 is 6.47 Å². The number of rotatable bonds is 4. The molecule has 0 unspecified atom stereocenters. The van der Waals surface area contributed by atoms with E-state index in [0.29, 0.717) is 6.61 Å². The molecular formula is C7H11O2. The molecule has 0 N–H and O–H groups in total. The normalized spacial score (nSPS) is 18.7. The lowest BCUT2D eigenvalue weighted by atomic mass is 9.83. The molecule has 0 aliphatic heterocycles. The monoisotopic (exact) mass is 127 g/mol. The van der Waals surface area contributed by atoms with Crippen molar-refractivity contribution in [2.75, 3.05) is 6.61 Å². The summed E-state index contributed by atoms with van der Waals surface area (Å²) in [6, 6.07) is 0. The van der Waals surface area contributed by atoms with Gasteiger partial charge in [-0.1, -0.05) is 19.3 Å². The second-order valence-electron chi connectivity index (χ2n) is 2.52. The van der Waals surface area contributed by atoms with Gasteiger partial charge in [0.1, 0.15) is 0 Å². The van der Waals surface area contributed by atoms with E-state index in [1.165, 1.54) is 25.7 Å². The lowest BCUT2D eigenvalue weighted by Gasteiger charge is -2.24. The fourth-order valence-electron chi connectivity index (χ4n) is 1.05. The number of hydrogen-bond acceptors (Lipinski definition) is 2. The van der Waals surface area contributed by atoms with Gasteiger partial charge in [0.2, 0.25) is 0 Å². The first-order chi connectivity index (χ1) is 4.43. The third-order valence-corrected chi connectivity index (χ3v) is 1.91. The summed E-state index contributed by atoms with van der Waals surface area (Å²) in [6.07, 6.45) is 5.04. The molecule has 0 bridgehead atoms. The smallest absolute Gasteiger partial charge is 0.417 e. The molecule has 9 heavy (non-hydrogen) atoms. The number of carbonyl (C=O) groups excluding carboxylic acids is 1. The zero-order valence-corrected chi connectivity index (χ0v) is 5.43. The SMILES string of the molecule is O=[C]OCCC1CCC1. The van der Waals surface area contributed by atoms with Crippen molar-refractivity contribution in [1.29, 1.82) is 0 Å². The molecule has 1 fully saturated rings. The van der Waals surface area contributed by atoms with Crippen molar-refractivity contribution in [3.8, 4) is 0 Å². The van der Waals surface area contributed by atoms with Gasteiger partial charge < -0.3 is 4.74 Å². The number of ether oxygens (including phenoxy) is 1. The van der Waals surface area contributed by atoms with Crippen LogP contribution in [0.3, 0.4) is 0 Å². The second kappa shape index (κ2) is 3.49. The zero-order chi connectivity index (χ0) is 6.53. The van der Waals surface area contributed by atoms with Crippen LogP contribution < -0.4 is 0 Å². The minimum Gasteiger partial charge on any atom is -0.457 e. The summed E-state index contributed by atoms with van der Waals surface area (Å²) in [4.78, 5) is 9.55. The lowest BCUT2D eigenvalue weighted by Crippen LogP contribution is -2.13. The average Bonchev–Trinajstić information content (AvgIpc) is 1.76. The molecular weight excluding hydrogens is 116 g/mol. The Morgan fingerprint density at radius 2 is 2.33 bits per heavy atom. The molecule has 2 nitrogen and oxygen atoms in total. The van der Waals surface area contributed by atoms with Crippen LogP contribution in [0.15, 0.2) is 0 Å². The van der Waals surface area contributed by atoms with Gasteiger partial charge in [0.25, 0.3) is 0 Å². The van der Waals surface area contributed by atoms with Crippen molar-refractivity contribution in [3.05, 3.63) is 0 Å². The fourth-order valence-corrected chi connectivity index (χ4v) is 1.05. The number of hydrogen-bond donors (Lipinski definition) is 0. The van der Waals surface area contributed by atoms with Crippen LogP contribution in [0.5, 0.6) is 0 Å². The third-order valence-electron chi connectivity index (χ3n) is 1.91. The van der Waals surface area contributed by atoms with E-state index in [1.807, 2.05) is 0 Å². The largest absolute Gasteiger partial charge is 0.457 e. The summed E-state index contributed by atoms with van der Waals surface area (Å²) in [5.74, 6) is 0.832. The van der Waals surface area contributed by atoms with Crippen LogP contribution >= 0.6 is 0 Å². The molecule has 0 aromatic carbocycles. The van der Waals surface area contributed by atoms with E-state index in [0.717, 1.165) is 12.3 Å². The van der Waals surface area contributed by atoms with Crippen LogP contribution in [-0.4, -0.2) is 13.1 Å². The van der Waals surface area contributed by atoms with Crippen LogP contribution in [0, 0.1) is 5.92 Å². The topological polar surface area (TPSA) is 26.3 Å². The Kier molecular flexibility index (Phi) is 2.55. The zero-order valence-electron chi connectivity index (χ0n) is 5.43. The lowest BCUT2D eigenvalue weighted by molar-refractivity contribution is 0.206. The molecule has 1 radical (unpaired) electrons. The van der Waals surface area contributed by atoms with E-state index < -0.39 is 0 Å². The predicted octanol–water partition coefficient (Wildman–Crippen LogP) is 1.26. The Morgan fingerprint density at radius 1 is 1.56 bits per heavy atom. The molecule has 0 heterocycles. The predicted molar refractivity (Wildman–Crippen MR) is 33.6 cm³/mol. The fraction of sp³-hybridized carbons (Fsp3) is 0.857. The second-order valence-corrected chi connectivity index (χ2v) is 2.52. The van der Waals surface area contributed by atoms with Gasteiger partial charge in [-0.2, -0.15) is 0 Å². The van der Waals surface area contributed by atoms with Gasteiger partial charge >= 0.3 is 6.47 Å². The van der Waals surface area contributed by atoms with Gasteiger partial charge in [0, 0.05) is 0 Å². The molecule has 2 heteroatoms. The summed E-state index contributed by atoms with van der Waals surface area (Å²) in [6.45, 7) is 1.98. The minimum atomic E-state index is 0.564. The van der Waals surface area contributed by atoms with Gasteiger partial charge in [-0.25, -0.2) is 4.79 Å². The van der Waals surface area contributed by atoms with Crippen molar-refractivity contribution < 1.29 is 9.53 Å². The van der Waals surface area contributed by atoms with Crippen LogP contribution in [0.1, 0.15) is 25.7 Å². The minimum absolute atomic E-state index is 0.564. The Hall–Kier alpha value is -0.530. The Morgan fingerprint density at radius 3 is 2.78 bits per heavy atom. The molecule has 0 aromatic heterocycles. The highest BCUT2D eigenvalue weighted by Gasteiger charge is 2.16. The van der Waals surface area contributed by atoms with E-state index in [2.05, 4.69) is 4.74 Å². The van der Waals surface area contributed by atoms with Gasteiger partial charge in [-0.05, 0) is 12.3 Å². The molecule has 0 spiro atoms. The highest BCUT2D eigenvalue weighted by molar-refractivity contribution is 5.38. The Labute approximate surface area is 55.2 Å².